The molecular formula is C18H13N5S. The van der Waals surface area contributed by atoms with Gasteiger partial charge in [0.25, 0.3) is 0 Å². The third-order valence-electron chi connectivity index (χ3n) is 4.23. The summed E-state index contributed by atoms with van der Waals surface area (Å²) in [5.74, 6) is 0. The molecule has 0 spiro atoms. The number of rotatable bonds is 2. The minimum Gasteiger partial charge on any atom is -0.345 e. The second-order valence-corrected chi connectivity index (χ2v) is 6.61. The molecule has 0 saturated heterocycles. The monoisotopic (exact) mass is 331 g/mol. The Morgan fingerprint density at radius 3 is 2.92 bits per heavy atom. The number of hydrogen-bond acceptors (Lipinski definition) is 4. The number of thiazole rings is 1. The highest BCUT2D eigenvalue weighted by Gasteiger charge is 2.14. The number of aromatic nitrogens is 5. The summed E-state index contributed by atoms with van der Waals surface area (Å²) in [6.07, 6.45) is 7.73. The highest BCUT2D eigenvalue weighted by atomic mass is 32.1. The third-order valence-corrected chi connectivity index (χ3v) is 5.04. The summed E-state index contributed by atoms with van der Waals surface area (Å²) in [7, 11) is 1.92. The molecule has 1 aromatic carbocycles. The van der Waals surface area contributed by atoms with Crippen LogP contribution in [-0.2, 0) is 7.05 Å². The zero-order valence-corrected chi connectivity index (χ0v) is 13.7. The Bertz CT molecular complexity index is 1180. The number of aromatic amines is 1. The first-order chi connectivity index (χ1) is 11.8. The molecule has 0 amide bonds. The molecule has 0 saturated carbocycles. The van der Waals surface area contributed by atoms with E-state index in [0.29, 0.717) is 0 Å². The van der Waals surface area contributed by atoms with Gasteiger partial charge in [-0.05, 0) is 29.3 Å². The van der Waals surface area contributed by atoms with E-state index in [4.69, 9.17) is 0 Å². The second kappa shape index (κ2) is 5.01. The molecule has 5 nitrogen and oxygen atoms in total. The highest BCUT2D eigenvalue weighted by Crippen LogP contribution is 2.36. The van der Waals surface area contributed by atoms with Gasteiger partial charge < -0.3 is 4.98 Å². The van der Waals surface area contributed by atoms with Gasteiger partial charge in [-0.2, -0.15) is 5.10 Å². The Labute approximate surface area is 141 Å². The van der Waals surface area contributed by atoms with Crippen LogP contribution in [0.3, 0.4) is 0 Å². The van der Waals surface area contributed by atoms with Crippen LogP contribution in [0.1, 0.15) is 0 Å². The van der Waals surface area contributed by atoms with E-state index >= 15 is 0 Å². The molecule has 4 heterocycles. The Kier molecular flexibility index (Phi) is 2.80. The molecule has 5 aromatic rings. The van der Waals surface area contributed by atoms with E-state index in [0.717, 1.165) is 38.8 Å². The van der Waals surface area contributed by atoms with Crippen molar-refractivity contribution in [1.82, 2.24) is 24.7 Å². The van der Waals surface area contributed by atoms with Crippen LogP contribution in [0, 0.1) is 0 Å². The second-order valence-electron chi connectivity index (χ2n) is 5.72. The van der Waals surface area contributed by atoms with Crippen molar-refractivity contribution in [2.75, 3.05) is 0 Å². The van der Waals surface area contributed by atoms with Crippen LogP contribution in [-0.4, -0.2) is 24.7 Å². The molecule has 6 heteroatoms. The fraction of sp³-hybridized carbons (Fsp3) is 0.0556. The van der Waals surface area contributed by atoms with Gasteiger partial charge in [0, 0.05) is 42.2 Å². The zero-order chi connectivity index (χ0) is 16.1. The van der Waals surface area contributed by atoms with Crippen LogP contribution in [0.4, 0.5) is 0 Å². The Morgan fingerprint density at radius 1 is 1.08 bits per heavy atom. The van der Waals surface area contributed by atoms with Crippen LogP contribution in [0.15, 0.2) is 54.6 Å². The van der Waals surface area contributed by atoms with Crippen molar-refractivity contribution in [3.8, 4) is 22.3 Å². The molecule has 0 atom stereocenters. The molecule has 0 aliphatic rings. The Hall–Kier alpha value is -2.99. The molecular weight excluding hydrogens is 318 g/mol. The summed E-state index contributed by atoms with van der Waals surface area (Å²) >= 11 is 1.66. The Balaban J connectivity index is 1.80. The van der Waals surface area contributed by atoms with Crippen molar-refractivity contribution < 1.29 is 0 Å². The number of aryl methyl sites for hydroxylation is 1. The average molecular weight is 331 g/mol. The van der Waals surface area contributed by atoms with Crippen LogP contribution in [0.25, 0.3) is 43.5 Å². The van der Waals surface area contributed by atoms with E-state index in [-0.39, 0.29) is 0 Å². The fourth-order valence-corrected chi connectivity index (χ4v) is 3.77. The molecule has 0 aliphatic heterocycles. The lowest BCUT2D eigenvalue weighted by atomic mass is 9.99. The third kappa shape index (κ3) is 1.97. The number of hydrogen-bond donors (Lipinski definition) is 1. The molecule has 1 N–H and O–H groups in total. The molecule has 116 valence electrons. The molecule has 0 unspecified atom stereocenters. The van der Waals surface area contributed by atoms with Gasteiger partial charge in [-0.15, -0.1) is 11.3 Å². The summed E-state index contributed by atoms with van der Waals surface area (Å²) in [4.78, 5) is 12.2. The topological polar surface area (TPSA) is 59.4 Å². The van der Waals surface area contributed by atoms with Gasteiger partial charge in [-0.3, -0.25) is 4.68 Å². The van der Waals surface area contributed by atoms with Crippen LogP contribution >= 0.6 is 11.3 Å². The van der Waals surface area contributed by atoms with Gasteiger partial charge in [-0.1, -0.05) is 6.07 Å². The van der Waals surface area contributed by atoms with Crippen molar-refractivity contribution >= 4 is 32.6 Å². The van der Waals surface area contributed by atoms with E-state index in [9.17, 15) is 0 Å². The minimum atomic E-state index is 0.879. The van der Waals surface area contributed by atoms with E-state index in [2.05, 4.69) is 44.3 Å². The SMILES string of the molecule is Cn1cc(-c2c[nH]c3nccc(-c4ccc5scnc5c4)c23)cn1. The molecule has 0 bridgehead atoms. The average Bonchev–Trinajstić information content (AvgIpc) is 3.32. The zero-order valence-electron chi connectivity index (χ0n) is 12.9. The van der Waals surface area contributed by atoms with E-state index in [1.165, 1.54) is 4.70 Å². The number of pyridine rings is 1. The molecule has 4 aromatic heterocycles. The standard InChI is InChI=1S/C18H13N5S/c1-23-9-12(7-22-23)14-8-20-18-17(14)13(4-5-19-18)11-2-3-16-15(6-11)21-10-24-16/h2-10H,1H3,(H,19,20). The quantitative estimate of drug-likeness (QED) is 0.526. The summed E-state index contributed by atoms with van der Waals surface area (Å²) in [6.45, 7) is 0. The number of nitrogens with one attached hydrogen (secondary N) is 1. The molecule has 0 radical (unpaired) electrons. The van der Waals surface area contributed by atoms with Crippen LogP contribution < -0.4 is 0 Å². The van der Waals surface area contributed by atoms with Gasteiger partial charge in [0.15, 0.2) is 0 Å². The number of H-pyrrole nitrogens is 1. The smallest absolute Gasteiger partial charge is 0.138 e. The first-order valence-corrected chi connectivity index (χ1v) is 8.46. The maximum Gasteiger partial charge on any atom is 0.138 e. The highest BCUT2D eigenvalue weighted by molar-refractivity contribution is 7.16. The van der Waals surface area contributed by atoms with Crippen LogP contribution in [0.5, 0.6) is 0 Å². The lowest BCUT2D eigenvalue weighted by Crippen LogP contribution is -1.85. The summed E-state index contributed by atoms with van der Waals surface area (Å²) in [6, 6.07) is 8.48. The number of benzene rings is 1. The van der Waals surface area contributed by atoms with Crippen molar-refractivity contribution in [3.05, 3.63) is 54.6 Å². The van der Waals surface area contributed by atoms with Gasteiger partial charge >= 0.3 is 0 Å². The maximum atomic E-state index is 4.48. The Morgan fingerprint density at radius 2 is 2.04 bits per heavy atom. The van der Waals surface area contributed by atoms with E-state index in [1.807, 2.05) is 42.0 Å². The van der Waals surface area contributed by atoms with Crippen molar-refractivity contribution in [2.45, 2.75) is 0 Å². The van der Waals surface area contributed by atoms with Crippen molar-refractivity contribution in [2.24, 2.45) is 7.05 Å². The van der Waals surface area contributed by atoms with Gasteiger partial charge in [0.1, 0.15) is 5.65 Å². The van der Waals surface area contributed by atoms with Crippen molar-refractivity contribution in [3.63, 3.8) is 0 Å². The fourth-order valence-electron chi connectivity index (χ4n) is 3.11. The number of nitrogens with zero attached hydrogens (tertiary/aromatic N) is 4. The number of fused-ring (bicyclic) bond motifs is 2. The van der Waals surface area contributed by atoms with E-state index < -0.39 is 0 Å². The van der Waals surface area contributed by atoms with Gasteiger partial charge in [0.2, 0.25) is 0 Å². The molecule has 5 rings (SSSR count). The molecule has 24 heavy (non-hydrogen) atoms. The molecule has 0 fully saturated rings. The van der Waals surface area contributed by atoms with Gasteiger partial charge in [0.05, 0.1) is 21.9 Å². The minimum absolute atomic E-state index is 0.879. The van der Waals surface area contributed by atoms with E-state index in [1.54, 1.807) is 11.3 Å². The molecule has 0 aliphatic carbocycles. The predicted octanol–water partition coefficient (Wildman–Crippen LogP) is 4.24. The van der Waals surface area contributed by atoms with Crippen LogP contribution in [0.2, 0.25) is 0 Å². The summed E-state index contributed by atoms with van der Waals surface area (Å²) in [5, 5.41) is 5.40. The summed E-state index contributed by atoms with van der Waals surface area (Å²) in [5.41, 5.74) is 8.27. The lowest BCUT2D eigenvalue weighted by Gasteiger charge is -2.05. The first-order valence-electron chi connectivity index (χ1n) is 7.58. The predicted molar refractivity (Wildman–Crippen MR) is 96.9 cm³/mol. The maximum absolute atomic E-state index is 4.48. The normalized spacial score (nSPS) is 11.5. The van der Waals surface area contributed by atoms with Crippen molar-refractivity contribution in [1.29, 1.82) is 0 Å². The largest absolute Gasteiger partial charge is 0.345 e. The lowest BCUT2D eigenvalue weighted by molar-refractivity contribution is 0.768. The first kappa shape index (κ1) is 13.4. The summed E-state index contributed by atoms with van der Waals surface area (Å²) < 4.78 is 3.01. The van der Waals surface area contributed by atoms with Gasteiger partial charge in [-0.25, -0.2) is 9.97 Å².